The van der Waals surface area contributed by atoms with Crippen LogP contribution < -0.4 is 4.74 Å². The topological polar surface area (TPSA) is 57.2 Å². The summed E-state index contributed by atoms with van der Waals surface area (Å²) in [6.07, 6.45) is 7.26. The minimum absolute atomic E-state index is 0.424. The Morgan fingerprint density at radius 1 is 1.08 bits per heavy atom. The minimum atomic E-state index is 0.424. The molecule has 0 radical (unpaired) electrons. The van der Waals surface area contributed by atoms with E-state index in [9.17, 15) is 0 Å². The van der Waals surface area contributed by atoms with Crippen LogP contribution in [0.15, 0.2) is 55.1 Å². The molecule has 6 nitrogen and oxygen atoms in total. The first-order valence-electron chi connectivity index (χ1n) is 7.38. The zero-order valence-corrected chi connectivity index (χ0v) is 13.7. The van der Waals surface area contributed by atoms with Gasteiger partial charge in [-0.15, -0.1) is 0 Å². The molecule has 4 rings (SSSR count). The van der Waals surface area contributed by atoms with Crippen LogP contribution in [0.3, 0.4) is 0 Å². The maximum absolute atomic E-state index is 6.21. The fourth-order valence-corrected chi connectivity index (χ4v) is 2.77. The second-order valence-corrected chi connectivity index (χ2v) is 5.71. The Bertz CT molecular complexity index is 990. The van der Waals surface area contributed by atoms with Crippen LogP contribution in [0.1, 0.15) is 5.56 Å². The predicted molar refractivity (Wildman–Crippen MR) is 91.3 cm³/mol. The number of hydrogen-bond acceptors (Lipinski definition) is 4. The van der Waals surface area contributed by atoms with Crippen LogP contribution in [0.2, 0.25) is 5.15 Å². The van der Waals surface area contributed by atoms with Crippen LogP contribution >= 0.6 is 11.6 Å². The summed E-state index contributed by atoms with van der Waals surface area (Å²) < 4.78 is 8.74. The van der Waals surface area contributed by atoms with Crippen LogP contribution in [-0.2, 0) is 6.54 Å². The first-order valence-corrected chi connectivity index (χ1v) is 7.76. The Labute approximate surface area is 143 Å². The standard InChI is InChI=1S/C17H14ClN5O/c1-24-14-4-2-12(3-5-14)9-22-10-13(8-20-22)15-11-23-16(6-7-19-23)17(18)21-15/h2-8,10-11H,9H2,1H3. The molecule has 0 N–H and O–H groups in total. The van der Waals surface area contributed by atoms with Gasteiger partial charge in [-0.3, -0.25) is 4.68 Å². The van der Waals surface area contributed by atoms with Crippen LogP contribution in [0, 0.1) is 0 Å². The first kappa shape index (κ1) is 14.7. The molecule has 0 spiro atoms. The maximum Gasteiger partial charge on any atom is 0.155 e. The highest BCUT2D eigenvalue weighted by Gasteiger charge is 2.09. The number of aromatic nitrogens is 5. The molecule has 0 atom stereocenters. The number of rotatable bonds is 4. The summed E-state index contributed by atoms with van der Waals surface area (Å²) in [4.78, 5) is 4.42. The molecule has 120 valence electrons. The van der Waals surface area contributed by atoms with E-state index in [-0.39, 0.29) is 0 Å². The SMILES string of the molecule is COc1ccc(Cn2cc(-c3cn4nccc4c(Cl)n3)cn2)cc1. The summed E-state index contributed by atoms with van der Waals surface area (Å²) in [6, 6.07) is 9.74. The molecular formula is C17H14ClN5O. The van der Waals surface area contributed by atoms with Crippen LogP contribution in [0.25, 0.3) is 16.8 Å². The normalized spacial score (nSPS) is 11.1. The number of halogens is 1. The Morgan fingerprint density at radius 3 is 2.71 bits per heavy atom. The Morgan fingerprint density at radius 2 is 1.92 bits per heavy atom. The van der Waals surface area contributed by atoms with Crippen molar-refractivity contribution >= 4 is 17.1 Å². The van der Waals surface area contributed by atoms with Gasteiger partial charge in [-0.1, -0.05) is 23.7 Å². The highest BCUT2D eigenvalue weighted by Crippen LogP contribution is 2.22. The number of fused-ring (bicyclic) bond motifs is 1. The quantitative estimate of drug-likeness (QED) is 0.572. The van der Waals surface area contributed by atoms with Crippen molar-refractivity contribution in [2.75, 3.05) is 7.11 Å². The zero-order valence-electron chi connectivity index (χ0n) is 12.9. The molecule has 24 heavy (non-hydrogen) atoms. The molecule has 0 fully saturated rings. The van der Waals surface area contributed by atoms with E-state index in [1.54, 1.807) is 24.0 Å². The Kier molecular flexibility index (Phi) is 3.66. The van der Waals surface area contributed by atoms with Gasteiger partial charge in [0.1, 0.15) is 11.3 Å². The summed E-state index contributed by atoms with van der Waals surface area (Å²) >= 11 is 6.21. The molecule has 7 heteroatoms. The molecule has 0 aliphatic rings. The molecule has 0 bridgehead atoms. The second kappa shape index (κ2) is 5.98. The van der Waals surface area contributed by atoms with Gasteiger partial charge in [-0.2, -0.15) is 10.2 Å². The molecule has 4 aromatic rings. The summed E-state index contributed by atoms with van der Waals surface area (Å²) in [5.74, 6) is 0.839. The third-order valence-electron chi connectivity index (χ3n) is 3.78. The maximum atomic E-state index is 6.21. The van der Waals surface area contributed by atoms with E-state index in [0.29, 0.717) is 11.7 Å². The van der Waals surface area contributed by atoms with Crippen molar-refractivity contribution in [3.63, 3.8) is 0 Å². The minimum Gasteiger partial charge on any atom is -0.497 e. The summed E-state index contributed by atoms with van der Waals surface area (Å²) in [5.41, 5.74) is 3.55. The highest BCUT2D eigenvalue weighted by molar-refractivity contribution is 6.32. The van der Waals surface area contributed by atoms with E-state index in [1.165, 1.54) is 0 Å². The van der Waals surface area contributed by atoms with Gasteiger partial charge in [-0.25, -0.2) is 9.50 Å². The van der Waals surface area contributed by atoms with Crippen LogP contribution in [-0.4, -0.2) is 31.5 Å². The van der Waals surface area contributed by atoms with Gasteiger partial charge in [-0.05, 0) is 23.8 Å². The van der Waals surface area contributed by atoms with Crippen molar-refractivity contribution in [3.05, 3.63) is 65.8 Å². The van der Waals surface area contributed by atoms with E-state index in [2.05, 4.69) is 15.2 Å². The number of methoxy groups -OCH3 is 1. The van der Waals surface area contributed by atoms with Gasteiger partial charge in [0.15, 0.2) is 5.15 Å². The molecule has 0 saturated carbocycles. The molecular weight excluding hydrogens is 326 g/mol. The largest absolute Gasteiger partial charge is 0.497 e. The van der Waals surface area contributed by atoms with E-state index in [1.807, 2.05) is 47.4 Å². The van der Waals surface area contributed by atoms with Crippen molar-refractivity contribution in [1.82, 2.24) is 24.4 Å². The molecule has 3 aromatic heterocycles. The van der Waals surface area contributed by atoms with Crippen molar-refractivity contribution in [3.8, 4) is 17.0 Å². The third-order valence-corrected chi connectivity index (χ3v) is 4.06. The Hall–Kier alpha value is -2.86. The second-order valence-electron chi connectivity index (χ2n) is 5.35. The smallest absolute Gasteiger partial charge is 0.155 e. The third kappa shape index (κ3) is 2.72. The highest BCUT2D eigenvalue weighted by atomic mass is 35.5. The molecule has 0 aliphatic carbocycles. The number of nitrogens with zero attached hydrogens (tertiary/aromatic N) is 5. The average molecular weight is 340 g/mol. The van der Waals surface area contributed by atoms with Crippen LogP contribution in [0.5, 0.6) is 5.75 Å². The molecule has 1 aromatic carbocycles. The number of ether oxygens (including phenoxy) is 1. The van der Waals surface area contributed by atoms with Gasteiger partial charge in [0, 0.05) is 11.8 Å². The van der Waals surface area contributed by atoms with E-state index in [4.69, 9.17) is 16.3 Å². The lowest BCUT2D eigenvalue weighted by Crippen LogP contribution is -1.99. The molecule has 0 saturated heterocycles. The zero-order chi connectivity index (χ0) is 16.5. The van der Waals surface area contributed by atoms with Crippen molar-refractivity contribution < 1.29 is 4.74 Å². The molecule has 0 unspecified atom stereocenters. The van der Waals surface area contributed by atoms with E-state index >= 15 is 0 Å². The number of hydrogen-bond donors (Lipinski definition) is 0. The molecule has 0 aliphatic heterocycles. The summed E-state index contributed by atoms with van der Waals surface area (Å²) in [6.45, 7) is 0.668. The molecule has 3 heterocycles. The lowest BCUT2D eigenvalue weighted by atomic mass is 10.2. The fourth-order valence-electron chi connectivity index (χ4n) is 2.53. The van der Waals surface area contributed by atoms with Gasteiger partial charge in [0.2, 0.25) is 0 Å². The van der Waals surface area contributed by atoms with Crippen molar-refractivity contribution in [2.24, 2.45) is 0 Å². The van der Waals surface area contributed by atoms with Gasteiger partial charge >= 0.3 is 0 Å². The number of benzene rings is 1. The van der Waals surface area contributed by atoms with Gasteiger partial charge < -0.3 is 4.74 Å². The first-order chi connectivity index (χ1) is 11.7. The van der Waals surface area contributed by atoms with Gasteiger partial charge in [0.05, 0.1) is 37.9 Å². The Balaban J connectivity index is 1.61. The fraction of sp³-hybridized carbons (Fsp3) is 0.118. The van der Waals surface area contributed by atoms with E-state index < -0.39 is 0 Å². The lowest BCUT2D eigenvalue weighted by molar-refractivity contribution is 0.414. The average Bonchev–Trinajstić information content (AvgIpc) is 3.25. The van der Waals surface area contributed by atoms with Crippen molar-refractivity contribution in [2.45, 2.75) is 6.54 Å². The van der Waals surface area contributed by atoms with Gasteiger partial charge in [0.25, 0.3) is 0 Å². The summed E-state index contributed by atoms with van der Waals surface area (Å²) in [7, 11) is 1.66. The van der Waals surface area contributed by atoms with E-state index in [0.717, 1.165) is 28.1 Å². The predicted octanol–water partition coefficient (Wildman–Crippen LogP) is 3.30. The summed E-state index contributed by atoms with van der Waals surface area (Å²) in [5, 5.41) is 9.03. The van der Waals surface area contributed by atoms with Crippen molar-refractivity contribution in [1.29, 1.82) is 0 Å². The monoisotopic (exact) mass is 339 g/mol. The van der Waals surface area contributed by atoms with Crippen LogP contribution in [0.4, 0.5) is 0 Å². The lowest BCUT2D eigenvalue weighted by Gasteiger charge is -2.04. The molecule has 0 amide bonds.